The fraction of sp³-hybridized carbons (Fsp3) is 0.611. The summed E-state index contributed by atoms with van der Waals surface area (Å²) in [6, 6.07) is 8.07. The van der Waals surface area contributed by atoms with E-state index in [0.717, 1.165) is 50.3 Å². The Labute approximate surface area is 139 Å². The average Bonchev–Trinajstić information content (AvgIpc) is 2.55. The summed E-state index contributed by atoms with van der Waals surface area (Å²) in [6.45, 7) is 6.32. The van der Waals surface area contributed by atoms with Crippen LogP contribution in [0.3, 0.4) is 0 Å². The third-order valence-electron chi connectivity index (χ3n) is 4.18. The lowest BCUT2D eigenvalue weighted by atomic mass is 10.1. The van der Waals surface area contributed by atoms with Crippen molar-refractivity contribution in [3.05, 3.63) is 29.8 Å². The van der Waals surface area contributed by atoms with Gasteiger partial charge in [0, 0.05) is 25.7 Å². The lowest BCUT2D eigenvalue weighted by molar-refractivity contribution is 0.0218. The van der Waals surface area contributed by atoms with Crippen LogP contribution in [0, 0.1) is 0 Å². The van der Waals surface area contributed by atoms with Crippen molar-refractivity contribution in [2.24, 2.45) is 0 Å². The summed E-state index contributed by atoms with van der Waals surface area (Å²) in [5, 5.41) is 3.09. The fourth-order valence-electron chi connectivity index (χ4n) is 2.97. The molecule has 1 fully saturated rings. The molecule has 1 saturated heterocycles. The Morgan fingerprint density at radius 2 is 2.13 bits per heavy atom. The maximum atomic E-state index is 12.3. The number of ether oxygens (including phenoxy) is 2. The lowest BCUT2D eigenvalue weighted by Crippen LogP contribution is -2.48. The van der Waals surface area contributed by atoms with Crippen LogP contribution in [-0.2, 0) is 11.2 Å². The summed E-state index contributed by atoms with van der Waals surface area (Å²) < 4.78 is 10.9. The monoisotopic (exact) mass is 320 g/mol. The van der Waals surface area contributed by atoms with Gasteiger partial charge in [-0.3, -0.25) is 0 Å². The van der Waals surface area contributed by atoms with E-state index in [-0.39, 0.29) is 12.1 Å². The molecule has 5 nitrogen and oxygen atoms in total. The van der Waals surface area contributed by atoms with Crippen LogP contribution in [0.2, 0.25) is 0 Å². The molecule has 1 heterocycles. The summed E-state index contributed by atoms with van der Waals surface area (Å²) in [4.78, 5) is 14.2. The molecule has 0 radical (unpaired) electrons. The molecule has 2 amide bonds. The molecule has 1 aromatic rings. The van der Waals surface area contributed by atoms with Gasteiger partial charge in [0.2, 0.25) is 0 Å². The van der Waals surface area contributed by atoms with Gasteiger partial charge in [-0.25, -0.2) is 4.79 Å². The van der Waals surface area contributed by atoms with Crippen molar-refractivity contribution in [1.82, 2.24) is 10.2 Å². The zero-order valence-electron chi connectivity index (χ0n) is 14.4. The Hall–Kier alpha value is -1.75. The van der Waals surface area contributed by atoms with Crippen molar-refractivity contribution in [3.63, 3.8) is 0 Å². The molecule has 5 heteroatoms. The number of carbonyl (C=O) groups is 1. The van der Waals surface area contributed by atoms with Crippen molar-refractivity contribution >= 4 is 6.03 Å². The Balaban J connectivity index is 1.78. The second-order valence-corrected chi connectivity index (χ2v) is 6.05. The summed E-state index contributed by atoms with van der Waals surface area (Å²) in [5.74, 6) is 0.846. The lowest BCUT2D eigenvalue weighted by Gasteiger charge is -2.32. The van der Waals surface area contributed by atoms with Gasteiger partial charge < -0.3 is 19.7 Å². The largest absolute Gasteiger partial charge is 0.497 e. The molecule has 0 aliphatic carbocycles. The highest BCUT2D eigenvalue weighted by molar-refractivity contribution is 5.74. The molecule has 0 spiro atoms. The van der Waals surface area contributed by atoms with Gasteiger partial charge in [0.15, 0.2) is 0 Å². The molecule has 1 aromatic carbocycles. The molecule has 128 valence electrons. The van der Waals surface area contributed by atoms with Gasteiger partial charge in [-0.1, -0.05) is 12.1 Å². The third kappa shape index (κ3) is 5.43. The fourth-order valence-corrected chi connectivity index (χ4v) is 2.97. The van der Waals surface area contributed by atoms with E-state index in [1.165, 1.54) is 0 Å². The predicted octanol–water partition coefficient (Wildman–Crippen LogP) is 2.84. The zero-order valence-corrected chi connectivity index (χ0v) is 14.4. The maximum absolute atomic E-state index is 12.3. The summed E-state index contributed by atoms with van der Waals surface area (Å²) in [5.41, 5.74) is 1.16. The van der Waals surface area contributed by atoms with Crippen LogP contribution in [0.5, 0.6) is 5.75 Å². The number of nitrogens with zero attached hydrogens (tertiary/aromatic N) is 1. The molecular formula is C18H28N2O3. The second kappa shape index (κ2) is 8.77. The van der Waals surface area contributed by atoms with Gasteiger partial charge in [0.25, 0.3) is 0 Å². The highest BCUT2D eigenvalue weighted by Gasteiger charge is 2.23. The molecule has 2 rings (SSSR count). The second-order valence-electron chi connectivity index (χ2n) is 6.05. The van der Waals surface area contributed by atoms with Crippen LogP contribution < -0.4 is 10.1 Å². The highest BCUT2D eigenvalue weighted by Crippen LogP contribution is 2.15. The Morgan fingerprint density at radius 3 is 2.78 bits per heavy atom. The van der Waals surface area contributed by atoms with Crippen LogP contribution in [0.1, 0.15) is 32.3 Å². The van der Waals surface area contributed by atoms with E-state index in [2.05, 4.69) is 11.4 Å². The topological polar surface area (TPSA) is 50.8 Å². The van der Waals surface area contributed by atoms with Gasteiger partial charge in [-0.05, 0) is 50.8 Å². The van der Waals surface area contributed by atoms with Crippen LogP contribution in [0.4, 0.5) is 4.79 Å². The molecule has 1 atom stereocenters. The number of piperidine rings is 1. The minimum absolute atomic E-state index is 0.0235. The van der Waals surface area contributed by atoms with Crippen molar-refractivity contribution in [2.75, 3.05) is 26.8 Å². The minimum Gasteiger partial charge on any atom is -0.497 e. The molecule has 0 saturated carbocycles. The number of methoxy groups -OCH3 is 1. The Bertz CT molecular complexity index is 499. The first-order chi connectivity index (χ1) is 11.1. The molecule has 1 aliphatic heterocycles. The van der Waals surface area contributed by atoms with Crippen molar-refractivity contribution in [3.8, 4) is 5.75 Å². The number of carbonyl (C=O) groups excluding carboxylic acids is 1. The number of likely N-dealkylation sites (tertiary alicyclic amines) is 1. The number of hydrogen-bond acceptors (Lipinski definition) is 3. The summed E-state index contributed by atoms with van der Waals surface area (Å²) >= 11 is 0. The normalized spacial score (nSPS) is 16.9. The van der Waals surface area contributed by atoms with Crippen LogP contribution in [0.25, 0.3) is 0 Å². The smallest absolute Gasteiger partial charge is 0.317 e. The molecule has 1 aliphatic rings. The SMILES string of the molecule is CCOC1CCN(C(=O)N[C@@H](C)Cc2cccc(OC)c2)CC1. The van der Waals surface area contributed by atoms with Crippen LogP contribution in [-0.4, -0.2) is 49.9 Å². The van der Waals surface area contributed by atoms with E-state index in [1.807, 2.05) is 36.9 Å². The summed E-state index contributed by atoms with van der Waals surface area (Å²) in [6.07, 6.45) is 2.94. The molecule has 0 unspecified atom stereocenters. The number of nitrogens with one attached hydrogen (secondary N) is 1. The first-order valence-corrected chi connectivity index (χ1v) is 8.42. The number of rotatable bonds is 6. The van der Waals surface area contributed by atoms with Gasteiger partial charge in [0.1, 0.15) is 5.75 Å². The maximum Gasteiger partial charge on any atom is 0.317 e. The van der Waals surface area contributed by atoms with Crippen LogP contribution in [0.15, 0.2) is 24.3 Å². The first kappa shape index (κ1) is 17.6. The van der Waals surface area contributed by atoms with E-state index in [0.29, 0.717) is 6.10 Å². The van der Waals surface area contributed by atoms with E-state index in [4.69, 9.17) is 9.47 Å². The summed E-state index contributed by atoms with van der Waals surface area (Å²) in [7, 11) is 1.66. The van der Waals surface area contributed by atoms with Gasteiger partial charge in [-0.15, -0.1) is 0 Å². The molecule has 23 heavy (non-hydrogen) atoms. The van der Waals surface area contributed by atoms with E-state index < -0.39 is 0 Å². The molecule has 1 N–H and O–H groups in total. The quantitative estimate of drug-likeness (QED) is 0.877. The average molecular weight is 320 g/mol. The molecule has 0 aromatic heterocycles. The van der Waals surface area contributed by atoms with Crippen LogP contribution >= 0.6 is 0 Å². The van der Waals surface area contributed by atoms with Gasteiger partial charge in [0.05, 0.1) is 13.2 Å². The number of urea groups is 1. The van der Waals surface area contributed by atoms with Gasteiger partial charge in [-0.2, -0.15) is 0 Å². The Kier molecular flexibility index (Phi) is 6.71. The van der Waals surface area contributed by atoms with Crippen molar-refractivity contribution < 1.29 is 14.3 Å². The van der Waals surface area contributed by atoms with E-state index in [9.17, 15) is 4.79 Å². The Morgan fingerprint density at radius 1 is 1.39 bits per heavy atom. The first-order valence-electron chi connectivity index (χ1n) is 8.42. The van der Waals surface area contributed by atoms with Gasteiger partial charge >= 0.3 is 6.03 Å². The highest BCUT2D eigenvalue weighted by atomic mass is 16.5. The number of hydrogen-bond donors (Lipinski definition) is 1. The van der Waals surface area contributed by atoms with E-state index in [1.54, 1.807) is 7.11 Å². The predicted molar refractivity (Wildman–Crippen MR) is 90.9 cm³/mol. The van der Waals surface area contributed by atoms with E-state index >= 15 is 0 Å². The number of benzene rings is 1. The standard InChI is InChI=1S/C18H28N2O3/c1-4-23-16-8-10-20(11-9-16)18(21)19-14(2)12-15-6-5-7-17(13-15)22-3/h5-7,13-14,16H,4,8-12H2,1-3H3,(H,19,21)/t14-/m0/s1. The number of amides is 2. The zero-order chi connectivity index (χ0) is 16.7. The minimum atomic E-state index is 0.0235. The van der Waals surface area contributed by atoms with Crippen molar-refractivity contribution in [2.45, 2.75) is 45.3 Å². The molecular weight excluding hydrogens is 292 g/mol. The molecule has 0 bridgehead atoms. The third-order valence-corrected chi connectivity index (χ3v) is 4.18. The van der Waals surface area contributed by atoms with Crippen molar-refractivity contribution in [1.29, 1.82) is 0 Å².